The normalized spacial score (nSPS) is 14.2. The fraction of sp³-hybridized carbons (Fsp3) is 0.318. The minimum absolute atomic E-state index is 0.0140. The largest absolute Gasteiger partial charge is 0.497 e. The van der Waals surface area contributed by atoms with E-state index in [-0.39, 0.29) is 5.91 Å². The lowest BCUT2D eigenvalue weighted by Gasteiger charge is -2.35. The van der Waals surface area contributed by atoms with Crippen LogP contribution in [0.15, 0.2) is 48.5 Å². The molecule has 0 N–H and O–H groups in total. The van der Waals surface area contributed by atoms with Gasteiger partial charge in [0, 0.05) is 44.0 Å². The van der Waals surface area contributed by atoms with Gasteiger partial charge in [0.2, 0.25) is 5.91 Å². The minimum Gasteiger partial charge on any atom is -0.497 e. The van der Waals surface area contributed by atoms with E-state index in [1.165, 1.54) is 0 Å². The van der Waals surface area contributed by atoms with E-state index in [0.717, 1.165) is 30.1 Å². The van der Waals surface area contributed by atoms with Crippen molar-refractivity contribution in [2.24, 2.45) is 0 Å². The molecule has 1 fully saturated rings. The van der Waals surface area contributed by atoms with Gasteiger partial charge in [-0.3, -0.25) is 4.79 Å². The van der Waals surface area contributed by atoms with Crippen LogP contribution in [0.1, 0.15) is 5.56 Å². The van der Waals surface area contributed by atoms with Crippen molar-refractivity contribution in [2.75, 3.05) is 52.4 Å². The monoisotopic (exact) mass is 382 g/mol. The summed E-state index contributed by atoms with van der Waals surface area (Å²) >= 11 is 0. The Hall–Kier alpha value is -3.15. The third-order valence-corrected chi connectivity index (χ3v) is 4.84. The third-order valence-electron chi connectivity index (χ3n) is 4.84. The van der Waals surface area contributed by atoms with Gasteiger partial charge in [-0.05, 0) is 35.9 Å². The van der Waals surface area contributed by atoms with Gasteiger partial charge in [-0.25, -0.2) is 0 Å². The number of carbonyl (C=O) groups excluding carboxylic acids is 1. The zero-order chi connectivity index (χ0) is 19.9. The Kier molecular flexibility index (Phi) is 6.42. The highest BCUT2D eigenvalue weighted by molar-refractivity contribution is 5.92. The van der Waals surface area contributed by atoms with Gasteiger partial charge in [0.25, 0.3) is 0 Å². The zero-order valence-corrected chi connectivity index (χ0v) is 16.6. The molecule has 0 bridgehead atoms. The number of nitrogens with zero attached hydrogens (tertiary/aromatic N) is 2. The van der Waals surface area contributed by atoms with Crippen LogP contribution in [0.3, 0.4) is 0 Å². The predicted molar refractivity (Wildman–Crippen MR) is 110 cm³/mol. The molecule has 28 heavy (non-hydrogen) atoms. The maximum atomic E-state index is 12.5. The van der Waals surface area contributed by atoms with Gasteiger partial charge in [-0.15, -0.1) is 0 Å². The second-order valence-electron chi connectivity index (χ2n) is 6.46. The van der Waals surface area contributed by atoms with Gasteiger partial charge in [0.1, 0.15) is 5.75 Å². The van der Waals surface area contributed by atoms with Gasteiger partial charge in [0.15, 0.2) is 11.5 Å². The van der Waals surface area contributed by atoms with Crippen LogP contribution >= 0.6 is 0 Å². The predicted octanol–water partition coefficient (Wildman–Crippen LogP) is 3.07. The molecule has 3 rings (SSSR count). The molecule has 1 heterocycles. The number of anilines is 1. The molecule has 0 atom stereocenters. The number of hydrogen-bond donors (Lipinski definition) is 0. The Labute approximate surface area is 165 Å². The first-order chi connectivity index (χ1) is 13.6. The molecule has 6 heteroatoms. The molecular formula is C22H26N2O4. The fourth-order valence-corrected chi connectivity index (χ4v) is 3.22. The van der Waals surface area contributed by atoms with Gasteiger partial charge in [0.05, 0.1) is 21.3 Å². The first-order valence-electron chi connectivity index (χ1n) is 9.22. The summed E-state index contributed by atoms with van der Waals surface area (Å²) in [4.78, 5) is 16.7. The second-order valence-corrected chi connectivity index (χ2v) is 6.46. The van der Waals surface area contributed by atoms with Crippen molar-refractivity contribution >= 4 is 17.7 Å². The number of hydrogen-bond acceptors (Lipinski definition) is 5. The van der Waals surface area contributed by atoms with Crippen molar-refractivity contribution in [2.45, 2.75) is 0 Å². The van der Waals surface area contributed by atoms with E-state index in [2.05, 4.69) is 11.0 Å². The van der Waals surface area contributed by atoms with Gasteiger partial charge in [-0.2, -0.15) is 0 Å². The molecule has 1 aliphatic heterocycles. The summed E-state index contributed by atoms with van der Waals surface area (Å²) in [6.45, 7) is 2.96. The van der Waals surface area contributed by atoms with Crippen molar-refractivity contribution in [1.82, 2.24) is 4.90 Å². The van der Waals surface area contributed by atoms with Crippen LogP contribution in [-0.2, 0) is 4.79 Å². The Morgan fingerprint density at radius 3 is 2.32 bits per heavy atom. The van der Waals surface area contributed by atoms with Crippen molar-refractivity contribution in [1.29, 1.82) is 0 Å². The zero-order valence-electron chi connectivity index (χ0n) is 16.6. The minimum atomic E-state index is 0.0140. The first kappa shape index (κ1) is 19.6. The van der Waals surface area contributed by atoms with Crippen molar-refractivity contribution in [3.8, 4) is 17.2 Å². The molecule has 0 aliphatic carbocycles. The Bertz CT molecular complexity index is 842. The molecule has 0 unspecified atom stereocenters. The van der Waals surface area contributed by atoms with E-state index in [0.29, 0.717) is 24.6 Å². The van der Waals surface area contributed by atoms with E-state index in [4.69, 9.17) is 14.2 Å². The van der Waals surface area contributed by atoms with Crippen molar-refractivity contribution < 1.29 is 19.0 Å². The molecule has 6 nitrogen and oxygen atoms in total. The van der Waals surface area contributed by atoms with Crippen LogP contribution in [-0.4, -0.2) is 58.3 Å². The number of carbonyl (C=O) groups is 1. The van der Waals surface area contributed by atoms with Crippen LogP contribution in [0.5, 0.6) is 17.2 Å². The average Bonchev–Trinajstić information content (AvgIpc) is 2.77. The van der Waals surface area contributed by atoms with E-state index in [1.807, 2.05) is 41.3 Å². The van der Waals surface area contributed by atoms with Crippen molar-refractivity contribution in [3.05, 3.63) is 54.1 Å². The number of amides is 1. The maximum absolute atomic E-state index is 12.5. The molecule has 0 radical (unpaired) electrons. The Balaban J connectivity index is 1.58. The maximum Gasteiger partial charge on any atom is 0.246 e. The SMILES string of the molecule is COc1cccc(N2CCN(C(=O)/C=C/c3ccc(OC)c(OC)c3)CC2)c1. The lowest BCUT2D eigenvalue weighted by molar-refractivity contribution is -0.126. The molecule has 148 valence electrons. The van der Waals surface area contributed by atoms with Crippen molar-refractivity contribution in [3.63, 3.8) is 0 Å². The van der Waals surface area contributed by atoms with Gasteiger partial charge in [-0.1, -0.05) is 12.1 Å². The van der Waals surface area contributed by atoms with E-state index >= 15 is 0 Å². The first-order valence-corrected chi connectivity index (χ1v) is 9.22. The van der Waals surface area contributed by atoms with Crippen LogP contribution < -0.4 is 19.1 Å². The fourth-order valence-electron chi connectivity index (χ4n) is 3.22. The van der Waals surface area contributed by atoms with Gasteiger partial charge < -0.3 is 24.0 Å². The number of ether oxygens (including phenoxy) is 3. The van der Waals surface area contributed by atoms with Crippen LogP contribution in [0.25, 0.3) is 6.08 Å². The number of piperazine rings is 1. The van der Waals surface area contributed by atoms with E-state index in [9.17, 15) is 4.79 Å². The summed E-state index contributed by atoms with van der Waals surface area (Å²) in [5.41, 5.74) is 2.01. The highest BCUT2D eigenvalue weighted by Crippen LogP contribution is 2.28. The molecule has 0 saturated carbocycles. The van der Waals surface area contributed by atoms with Crippen LogP contribution in [0, 0.1) is 0 Å². The molecular weight excluding hydrogens is 356 g/mol. The molecule has 1 saturated heterocycles. The smallest absolute Gasteiger partial charge is 0.246 e. The van der Waals surface area contributed by atoms with Crippen LogP contribution in [0.2, 0.25) is 0 Å². The molecule has 1 amide bonds. The lowest BCUT2D eigenvalue weighted by Crippen LogP contribution is -2.48. The number of benzene rings is 2. The number of methoxy groups -OCH3 is 3. The third kappa shape index (κ3) is 4.57. The van der Waals surface area contributed by atoms with E-state index in [1.54, 1.807) is 33.5 Å². The Morgan fingerprint density at radius 1 is 0.893 bits per heavy atom. The average molecular weight is 382 g/mol. The Morgan fingerprint density at radius 2 is 1.64 bits per heavy atom. The highest BCUT2D eigenvalue weighted by Gasteiger charge is 2.20. The van der Waals surface area contributed by atoms with Crippen LogP contribution in [0.4, 0.5) is 5.69 Å². The molecule has 1 aliphatic rings. The summed E-state index contributed by atoms with van der Waals surface area (Å²) in [5, 5.41) is 0. The standard InChI is InChI=1S/C22H26N2O4/c1-26-19-6-4-5-18(16-19)23-11-13-24(14-12-23)22(25)10-8-17-7-9-20(27-2)21(15-17)28-3/h4-10,15-16H,11-14H2,1-3H3/b10-8+. The van der Waals surface area contributed by atoms with E-state index < -0.39 is 0 Å². The summed E-state index contributed by atoms with van der Waals surface area (Å²) in [6, 6.07) is 13.6. The number of rotatable bonds is 6. The quantitative estimate of drug-likeness (QED) is 0.719. The summed E-state index contributed by atoms with van der Waals surface area (Å²) in [6.07, 6.45) is 3.42. The summed E-state index contributed by atoms with van der Waals surface area (Å²) in [7, 11) is 4.86. The lowest BCUT2D eigenvalue weighted by atomic mass is 10.1. The molecule has 0 spiro atoms. The molecule has 2 aromatic carbocycles. The topological polar surface area (TPSA) is 51.2 Å². The second kappa shape index (κ2) is 9.17. The van der Waals surface area contributed by atoms with Gasteiger partial charge >= 0.3 is 0 Å². The highest BCUT2D eigenvalue weighted by atomic mass is 16.5. The summed E-state index contributed by atoms with van der Waals surface area (Å²) in [5.74, 6) is 2.16. The molecule has 0 aromatic heterocycles. The molecule has 2 aromatic rings. The summed E-state index contributed by atoms with van der Waals surface area (Å²) < 4.78 is 15.8.